The molecule has 0 spiro atoms. The molecule has 0 aliphatic carbocycles. The van der Waals surface area contributed by atoms with Crippen LogP contribution in [0.5, 0.6) is 0 Å². The van der Waals surface area contributed by atoms with Crippen LogP contribution in [0.15, 0.2) is 12.1 Å². The van der Waals surface area contributed by atoms with E-state index in [1.807, 2.05) is 14.2 Å². The quantitative estimate of drug-likeness (QED) is 0.196. The van der Waals surface area contributed by atoms with Crippen LogP contribution in [-0.2, 0) is 0 Å². The Bertz CT molecular complexity index is 817. The van der Waals surface area contributed by atoms with E-state index in [2.05, 4.69) is 144 Å². The third kappa shape index (κ3) is 9.75. The molecule has 0 heterocycles. The van der Waals surface area contributed by atoms with Crippen LogP contribution < -0.4 is 3.12 Å². The van der Waals surface area contributed by atoms with Crippen molar-refractivity contribution in [3.8, 4) is 0 Å². The molecule has 1 aromatic rings. The molecule has 0 bridgehead atoms. The van der Waals surface area contributed by atoms with Gasteiger partial charge < -0.3 is 0 Å². The van der Waals surface area contributed by atoms with Crippen molar-refractivity contribution >= 4 is 75.8 Å². The van der Waals surface area contributed by atoms with Crippen LogP contribution in [0.3, 0.4) is 0 Å². The van der Waals surface area contributed by atoms with Gasteiger partial charge in [0.15, 0.2) is 0 Å². The van der Waals surface area contributed by atoms with Gasteiger partial charge in [-0.1, -0.05) is 0 Å². The minimum absolute atomic E-state index is 0.826. The molecular formula is C30H66PbSi6. The van der Waals surface area contributed by atoms with E-state index in [0.29, 0.717) is 0 Å². The first-order chi connectivity index (χ1) is 16.0. The fourth-order valence-electron chi connectivity index (χ4n) is 8.55. The summed E-state index contributed by atoms with van der Waals surface area (Å²) in [7, 11) is -8.40. The third-order valence-electron chi connectivity index (χ3n) is 7.81. The van der Waals surface area contributed by atoms with Crippen LogP contribution in [0.25, 0.3) is 0 Å². The molecule has 0 atom stereocenters. The second kappa shape index (κ2) is 12.0. The second-order valence-electron chi connectivity index (χ2n) is 18.9. The molecule has 0 fully saturated rings. The van der Waals surface area contributed by atoms with Crippen molar-refractivity contribution < 1.29 is 0 Å². The molecule has 0 aromatic heterocycles. The average molecular weight is 803 g/mol. The Kier molecular flexibility index (Phi) is 11.8. The van der Waals surface area contributed by atoms with Gasteiger partial charge in [0.25, 0.3) is 0 Å². The van der Waals surface area contributed by atoms with Crippen LogP contribution in [0.2, 0.25) is 121 Å². The number of rotatable bonds is 11. The van der Waals surface area contributed by atoms with Gasteiger partial charge in [0.2, 0.25) is 0 Å². The molecule has 0 saturated heterocycles. The Labute approximate surface area is 253 Å². The zero-order chi connectivity index (χ0) is 29.7. The molecule has 0 saturated carbocycles. The Balaban J connectivity index is 4.52. The zero-order valence-electron chi connectivity index (χ0n) is 29.0. The molecule has 0 unspecified atom stereocenters. The Morgan fingerprint density at radius 3 is 0.865 bits per heavy atom. The topological polar surface area (TPSA) is 0 Å². The molecular weight excluding hydrogens is 736 g/mol. The SMILES string of the molecule is C[CH](C)[Pb][c]1c(C([Si](C)(C)C)[Si](C)(C)C)cc(C([Si](C)(C)C)[Si](C)(C)C)cc1C([Si](C)(C)C)[Si](C)(C)C. The normalized spacial score (nSPS) is 15.0. The van der Waals surface area contributed by atoms with Gasteiger partial charge in [0, 0.05) is 0 Å². The Morgan fingerprint density at radius 1 is 0.432 bits per heavy atom. The van der Waals surface area contributed by atoms with Crippen molar-refractivity contribution in [2.45, 2.75) is 151 Å². The van der Waals surface area contributed by atoms with Gasteiger partial charge in [0.05, 0.1) is 0 Å². The summed E-state index contributed by atoms with van der Waals surface area (Å²) in [6.45, 7) is 53.4. The van der Waals surface area contributed by atoms with Gasteiger partial charge in [-0.2, -0.15) is 0 Å². The number of benzene rings is 1. The zero-order valence-corrected chi connectivity index (χ0v) is 38.9. The number of hydrogen-bond donors (Lipinski definition) is 0. The Hall–Kier alpha value is 1.44. The monoisotopic (exact) mass is 802 g/mol. The van der Waals surface area contributed by atoms with Crippen molar-refractivity contribution in [3.05, 3.63) is 28.8 Å². The van der Waals surface area contributed by atoms with Crippen molar-refractivity contribution in [2.24, 2.45) is 0 Å². The molecule has 0 amide bonds. The van der Waals surface area contributed by atoms with Gasteiger partial charge in [0.1, 0.15) is 0 Å². The van der Waals surface area contributed by atoms with Crippen molar-refractivity contribution in [3.63, 3.8) is 0 Å². The molecule has 0 N–H and O–H groups in total. The summed E-state index contributed by atoms with van der Waals surface area (Å²) in [6, 6.07) is 5.81. The van der Waals surface area contributed by atoms with E-state index < -0.39 is 72.7 Å². The molecule has 0 aliphatic rings. The van der Waals surface area contributed by atoms with Crippen molar-refractivity contribution in [1.29, 1.82) is 0 Å². The molecule has 214 valence electrons. The van der Waals surface area contributed by atoms with Crippen LogP contribution in [0, 0.1) is 0 Å². The van der Waals surface area contributed by atoms with Crippen molar-refractivity contribution in [2.75, 3.05) is 0 Å². The van der Waals surface area contributed by atoms with E-state index >= 15 is 0 Å². The first-order valence-corrected chi connectivity index (χ1v) is 40.6. The van der Waals surface area contributed by atoms with Crippen LogP contribution in [-0.4, -0.2) is 72.7 Å². The summed E-state index contributed by atoms with van der Waals surface area (Å²) in [4.78, 5) is 0. The molecule has 0 aliphatic heterocycles. The van der Waals surface area contributed by atoms with E-state index in [9.17, 15) is 0 Å². The summed E-state index contributed by atoms with van der Waals surface area (Å²) in [5.41, 5.74) is 5.64. The van der Waals surface area contributed by atoms with Crippen LogP contribution in [0.4, 0.5) is 0 Å². The van der Waals surface area contributed by atoms with Crippen LogP contribution >= 0.6 is 0 Å². The van der Waals surface area contributed by atoms with E-state index in [1.165, 1.54) is 0 Å². The van der Waals surface area contributed by atoms with Gasteiger partial charge in [-0.15, -0.1) is 0 Å². The fraction of sp³-hybridized carbons (Fsp3) is 0.800. The molecule has 37 heavy (non-hydrogen) atoms. The van der Waals surface area contributed by atoms with E-state index in [-0.39, 0.29) is 0 Å². The average Bonchev–Trinajstić information content (AvgIpc) is 2.49. The number of hydrogen-bond acceptors (Lipinski definition) is 0. The fourth-order valence-corrected chi connectivity index (χ4v) is 54.2. The summed E-state index contributed by atoms with van der Waals surface area (Å²) in [5.74, 6) is 0. The Morgan fingerprint density at radius 2 is 0.676 bits per heavy atom. The van der Waals surface area contributed by atoms with Crippen molar-refractivity contribution in [1.82, 2.24) is 0 Å². The summed E-state index contributed by atoms with van der Waals surface area (Å²) >= 11 is -0.991. The summed E-state index contributed by atoms with van der Waals surface area (Å²) in [5, 5.41) is 2.53. The summed E-state index contributed by atoms with van der Waals surface area (Å²) in [6.07, 6.45) is 0. The van der Waals surface area contributed by atoms with E-state index in [0.717, 1.165) is 19.0 Å². The van der Waals surface area contributed by atoms with Gasteiger partial charge in [-0.3, -0.25) is 0 Å². The van der Waals surface area contributed by atoms with Gasteiger partial charge in [-0.25, -0.2) is 0 Å². The third-order valence-corrected chi connectivity index (χ3v) is 41.3. The molecule has 1 aromatic carbocycles. The first-order valence-electron chi connectivity index (χ1n) is 14.9. The summed E-state index contributed by atoms with van der Waals surface area (Å²) < 4.78 is 2.90. The van der Waals surface area contributed by atoms with Crippen LogP contribution in [0.1, 0.15) is 46.0 Å². The predicted molar refractivity (Wildman–Crippen MR) is 195 cm³/mol. The maximum atomic E-state index is 2.90. The van der Waals surface area contributed by atoms with E-state index in [4.69, 9.17) is 0 Å². The molecule has 0 nitrogen and oxygen atoms in total. The minimum atomic E-state index is -1.41. The maximum absolute atomic E-state index is 2.90. The van der Waals surface area contributed by atoms with E-state index in [1.54, 1.807) is 5.56 Å². The molecule has 2 radical (unpaired) electrons. The molecule has 7 heteroatoms. The van der Waals surface area contributed by atoms with Gasteiger partial charge in [-0.05, 0) is 0 Å². The second-order valence-corrected chi connectivity index (χ2v) is 60.0. The standard InChI is InChI=1S/C27H59Si6.C3H7.Pb/c1-28(2,3)25(29(4,5)6)22-19-23(26(30(7,8)9)31(10,11)12)21-24(20-22)27(32(13,14)15)33(16,17)18;1-3-2;/h19-20,25-27H,1-18H3;3H,1-2H3;. The first kappa shape index (κ1) is 36.5. The van der Waals surface area contributed by atoms with Gasteiger partial charge >= 0.3 is 255 Å². The predicted octanol–water partition coefficient (Wildman–Crippen LogP) is 10.4. The molecule has 1 rings (SSSR count).